The molecule has 0 unspecified atom stereocenters. The summed E-state index contributed by atoms with van der Waals surface area (Å²) in [5.41, 5.74) is 2.11. The quantitative estimate of drug-likeness (QED) is 0.625. The van der Waals surface area contributed by atoms with Gasteiger partial charge in [0.2, 0.25) is 0 Å². The molecule has 0 saturated carbocycles. The summed E-state index contributed by atoms with van der Waals surface area (Å²) in [6, 6.07) is 14.4. The molecule has 0 bridgehead atoms. The van der Waals surface area contributed by atoms with Gasteiger partial charge in [-0.25, -0.2) is 4.79 Å². The number of rotatable bonds is 8. The summed E-state index contributed by atoms with van der Waals surface area (Å²) in [7, 11) is 0. The number of carbonyl (C=O) groups excluding carboxylic acids is 1. The molecule has 0 aliphatic carbocycles. The number of aromatic carboxylic acids is 1. The first-order valence-electron chi connectivity index (χ1n) is 8.79. The molecule has 0 fully saturated rings. The van der Waals surface area contributed by atoms with Crippen LogP contribution in [0.1, 0.15) is 42.3 Å². The van der Waals surface area contributed by atoms with Crippen molar-refractivity contribution in [2.45, 2.75) is 39.4 Å². The van der Waals surface area contributed by atoms with Crippen LogP contribution in [0.2, 0.25) is 0 Å². The van der Waals surface area contributed by atoms with Crippen molar-refractivity contribution in [2.24, 2.45) is 0 Å². The lowest BCUT2D eigenvalue weighted by Crippen LogP contribution is -2.43. The third-order valence-electron chi connectivity index (χ3n) is 3.67. The van der Waals surface area contributed by atoms with Crippen LogP contribution >= 0.6 is 12.4 Å². The van der Waals surface area contributed by atoms with E-state index in [1.165, 1.54) is 0 Å². The highest BCUT2D eigenvalue weighted by atomic mass is 35.5. The first-order chi connectivity index (χ1) is 12.7. The Morgan fingerprint density at radius 1 is 0.929 bits per heavy atom. The SMILES string of the molecule is CC(C)(C)NC(=O)COc1ccc(CNCc2ccc(C(=O)O)cc2)cc1.Cl. The molecule has 0 spiro atoms. The maximum atomic E-state index is 11.8. The van der Waals surface area contributed by atoms with E-state index in [4.69, 9.17) is 9.84 Å². The summed E-state index contributed by atoms with van der Waals surface area (Å²) in [6.45, 7) is 7.07. The van der Waals surface area contributed by atoms with Gasteiger partial charge in [-0.15, -0.1) is 12.4 Å². The average Bonchev–Trinajstić information content (AvgIpc) is 2.60. The molecule has 0 radical (unpaired) electrons. The average molecular weight is 407 g/mol. The van der Waals surface area contributed by atoms with Gasteiger partial charge in [0.05, 0.1) is 5.56 Å². The Morgan fingerprint density at radius 3 is 1.89 bits per heavy atom. The molecule has 2 rings (SSSR count). The molecular weight excluding hydrogens is 380 g/mol. The fraction of sp³-hybridized carbons (Fsp3) is 0.333. The van der Waals surface area contributed by atoms with Gasteiger partial charge >= 0.3 is 5.97 Å². The van der Waals surface area contributed by atoms with E-state index in [0.29, 0.717) is 18.8 Å². The standard InChI is InChI=1S/C21H26N2O4.ClH/c1-21(2,3)23-19(24)14-27-18-10-6-16(7-11-18)13-22-12-15-4-8-17(9-5-15)20(25)26;/h4-11,22H,12-14H2,1-3H3,(H,23,24)(H,25,26);1H. The molecule has 152 valence electrons. The van der Waals surface area contributed by atoms with Crippen molar-refractivity contribution in [2.75, 3.05) is 6.61 Å². The molecule has 0 aromatic heterocycles. The maximum Gasteiger partial charge on any atom is 0.335 e. The third kappa shape index (κ3) is 8.41. The van der Waals surface area contributed by atoms with Gasteiger partial charge in [-0.3, -0.25) is 4.79 Å². The van der Waals surface area contributed by atoms with Crippen LogP contribution in [-0.2, 0) is 17.9 Å². The van der Waals surface area contributed by atoms with E-state index in [-0.39, 0.29) is 36.0 Å². The summed E-state index contributed by atoms with van der Waals surface area (Å²) < 4.78 is 5.49. The number of amides is 1. The van der Waals surface area contributed by atoms with Gasteiger partial charge in [-0.1, -0.05) is 24.3 Å². The van der Waals surface area contributed by atoms with Crippen molar-refractivity contribution in [3.05, 3.63) is 65.2 Å². The van der Waals surface area contributed by atoms with Crippen LogP contribution in [0.4, 0.5) is 0 Å². The number of hydrogen-bond acceptors (Lipinski definition) is 4. The molecule has 0 aliphatic heterocycles. The third-order valence-corrected chi connectivity index (χ3v) is 3.67. The molecule has 28 heavy (non-hydrogen) atoms. The van der Waals surface area contributed by atoms with E-state index in [2.05, 4.69) is 10.6 Å². The fourth-order valence-corrected chi connectivity index (χ4v) is 2.42. The molecule has 2 aromatic carbocycles. The number of nitrogens with one attached hydrogen (secondary N) is 2. The molecule has 6 nitrogen and oxygen atoms in total. The highest BCUT2D eigenvalue weighted by Gasteiger charge is 2.13. The summed E-state index contributed by atoms with van der Waals surface area (Å²) in [5.74, 6) is -0.429. The molecular formula is C21H27ClN2O4. The smallest absolute Gasteiger partial charge is 0.335 e. The molecule has 3 N–H and O–H groups in total. The minimum Gasteiger partial charge on any atom is -0.484 e. The van der Waals surface area contributed by atoms with Crippen molar-refractivity contribution in [3.8, 4) is 5.75 Å². The van der Waals surface area contributed by atoms with Crippen LogP contribution in [0.25, 0.3) is 0 Å². The lowest BCUT2D eigenvalue weighted by atomic mass is 10.1. The second kappa shape index (κ2) is 10.7. The Balaban J connectivity index is 0.00000392. The second-order valence-electron chi connectivity index (χ2n) is 7.34. The van der Waals surface area contributed by atoms with E-state index in [1.807, 2.05) is 45.0 Å². The Bertz CT molecular complexity index is 768. The van der Waals surface area contributed by atoms with E-state index >= 15 is 0 Å². The second-order valence-corrected chi connectivity index (χ2v) is 7.34. The molecule has 0 aliphatic rings. The number of carboxylic acids is 1. The number of carboxylic acid groups (broad SMARTS) is 1. The predicted octanol–water partition coefficient (Wildman–Crippen LogP) is 3.39. The van der Waals surface area contributed by atoms with Gasteiger partial charge in [0.25, 0.3) is 5.91 Å². The maximum absolute atomic E-state index is 11.8. The monoisotopic (exact) mass is 406 g/mol. The van der Waals surface area contributed by atoms with Crippen LogP contribution in [0, 0.1) is 0 Å². The fourth-order valence-electron chi connectivity index (χ4n) is 2.42. The number of ether oxygens (including phenoxy) is 1. The van der Waals surface area contributed by atoms with E-state index in [0.717, 1.165) is 11.1 Å². The number of halogens is 1. The zero-order chi connectivity index (χ0) is 19.9. The van der Waals surface area contributed by atoms with Crippen molar-refractivity contribution in [1.82, 2.24) is 10.6 Å². The first-order valence-corrected chi connectivity index (χ1v) is 8.79. The molecule has 0 saturated heterocycles. The van der Waals surface area contributed by atoms with Crippen molar-refractivity contribution in [1.29, 1.82) is 0 Å². The van der Waals surface area contributed by atoms with Crippen LogP contribution in [-0.4, -0.2) is 29.1 Å². The Morgan fingerprint density at radius 2 is 1.43 bits per heavy atom. The van der Waals surface area contributed by atoms with E-state index < -0.39 is 5.97 Å². The minimum absolute atomic E-state index is 0. The van der Waals surface area contributed by atoms with Crippen molar-refractivity contribution < 1.29 is 19.4 Å². The highest BCUT2D eigenvalue weighted by molar-refractivity contribution is 5.87. The Kier molecular flexibility index (Phi) is 8.96. The van der Waals surface area contributed by atoms with Crippen molar-refractivity contribution in [3.63, 3.8) is 0 Å². The summed E-state index contributed by atoms with van der Waals surface area (Å²) >= 11 is 0. The van der Waals surface area contributed by atoms with Crippen molar-refractivity contribution >= 4 is 24.3 Å². The molecule has 7 heteroatoms. The Hall–Kier alpha value is -2.57. The van der Waals surface area contributed by atoms with Gasteiger partial charge in [-0.2, -0.15) is 0 Å². The van der Waals surface area contributed by atoms with Crippen LogP contribution < -0.4 is 15.4 Å². The van der Waals surface area contributed by atoms with Gasteiger partial charge in [0.15, 0.2) is 6.61 Å². The summed E-state index contributed by atoms with van der Waals surface area (Å²) in [6.07, 6.45) is 0. The summed E-state index contributed by atoms with van der Waals surface area (Å²) in [5, 5.41) is 15.1. The van der Waals surface area contributed by atoms with Gasteiger partial charge in [0.1, 0.15) is 5.75 Å². The number of carbonyl (C=O) groups is 2. The largest absolute Gasteiger partial charge is 0.484 e. The molecule has 1 amide bonds. The van der Waals surface area contributed by atoms with Crippen LogP contribution in [0.3, 0.4) is 0 Å². The Labute approximate surface area is 171 Å². The van der Waals surface area contributed by atoms with E-state index in [1.54, 1.807) is 24.3 Å². The lowest BCUT2D eigenvalue weighted by Gasteiger charge is -2.20. The zero-order valence-corrected chi connectivity index (χ0v) is 17.1. The zero-order valence-electron chi connectivity index (χ0n) is 16.3. The number of benzene rings is 2. The minimum atomic E-state index is -0.923. The van der Waals surface area contributed by atoms with Gasteiger partial charge in [-0.05, 0) is 56.2 Å². The normalized spacial score (nSPS) is 10.7. The predicted molar refractivity (Wildman–Crippen MR) is 111 cm³/mol. The van der Waals surface area contributed by atoms with E-state index in [9.17, 15) is 9.59 Å². The van der Waals surface area contributed by atoms with Gasteiger partial charge in [0, 0.05) is 18.6 Å². The number of hydrogen-bond donors (Lipinski definition) is 3. The van der Waals surface area contributed by atoms with Crippen LogP contribution in [0.5, 0.6) is 5.75 Å². The first kappa shape index (κ1) is 23.5. The molecule has 0 atom stereocenters. The highest BCUT2D eigenvalue weighted by Crippen LogP contribution is 2.12. The molecule has 2 aromatic rings. The van der Waals surface area contributed by atoms with Crippen LogP contribution in [0.15, 0.2) is 48.5 Å². The summed E-state index contributed by atoms with van der Waals surface area (Å²) in [4.78, 5) is 22.6. The molecule has 0 heterocycles. The van der Waals surface area contributed by atoms with Gasteiger partial charge < -0.3 is 20.5 Å². The lowest BCUT2D eigenvalue weighted by molar-refractivity contribution is -0.124. The topological polar surface area (TPSA) is 87.7 Å².